The van der Waals surface area contributed by atoms with Gasteiger partial charge in [-0.2, -0.15) is 0 Å². The molecule has 2 saturated carbocycles. The van der Waals surface area contributed by atoms with Crippen molar-refractivity contribution in [1.29, 1.82) is 0 Å². The summed E-state index contributed by atoms with van der Waals surface area (Å²) in [5.74, 6) is 5.45. The summed E-state index contributed by atoms with van der Waals surface area (Å²) in [7, 11) is 0. The van der Waals surface area contributed by atoms with Gasteiger partial charge in [-0.1, -0.05) is 18.8 Å². The molecule has 1 N–H and O–H groups in total. The van der Waals surface area contributed by atoms with Crippen molar-refractivity contribution in [1.82, 2.24) is 5.32 Å². The maximum Gasteiger partial charge on any atom is 0.0690 e. The van der Waals surface area contributed by atoms with Crippen molar-refractivity contribution in [2.45, 2.75) is 44.2 Å². The Morgan fingerprint density at radius 3 is 3.00 bits per heavy atom. The van der Waals surface area contributed by atoms with Gasteiger partial charge in [0.2, 0.25) is 0 Å². The van der Waals surface area contributed by atoms with E-state index in [1.54, 1.807) is 0 Å². The molecule has 3 heteroatoms. The molecule has 0 aromatic carbocycles. The molecule has 1 heterocycles. The first-order valence-corrected chi connectivity index (χ1v) is 8.40. The normalized spacial score (nSPS) is 36.3. The highest BCUT2D eigenvalue weighted by molar-refractivity contribution is 7.99. The fraction of sp³-hybridized carbons (Fsp3) is 0.867. The SMILES string of the molecule is C#CCSCCN[C@@H]1[C@@H]2CCO[C@H]2C12CCCC2. The topological polar surface area (TPSA) is 21.3 Å². The molecule has 0 bridgehead atoms. The van der Waals surface area contributed by atoms with Crippen LogP contribution >= 0.6 is 11.8 Å². The molecule has 3 atom stereocenters. The predicted molar refractivity (Wildman–Crippen MR) is 76.7 cm³/mol. The Balaban J connectivity index is 1.52. The Morgan fingerprint density at radius 2 is 2.22 bits per heavy atom. The van der Waals surface area contributed by atoms with E-state index in [4.69, 9.17) is 11.2 Å². The highest BCUT2D eigenvalue weighted by Crippen LogP contribution is 2.60. The molecule has 18 heavy (non-hydrogen) atoms. The van der Waals surface area contributed by atoms with Crippen LogP contribution in [0.1, 0.15) is 32.1 Å². The van der Waals surface area contributed by atoms with Gasteiger partial charge < -0.3 is 10.1 Å². The van der Waals surface area contributed by atoms with Crippen LogP contribution in [0.4, 0.5) is 0 Å². The Kier molecular flexibility index (Phi) is 3.89. The van der Waals surface area contributed by atoms with Crippen LogP contribution in [-0.4, -0.2) is 36.8 Å². The van der Waals surface area contributed by atoms with Gasteiger partial charge in [0.05, 0.1) is 11.9 Å². The van der Waals surface area contributed by atoms with Crippen LogP contribution in [0.15, 0.2) is 0 Å². The number of rotatable bonds is 5. The number of fused-ring (bicyclic) bond motifs is 2. The lowest BCUT2D eigenvalue weighted by atomic mass is 9.54. The van der Waals surface area contributed by atoms with Gasteiger partial charge in [-0.05, 0) is 19.3 Å². The first-order chi connectivity index (χ1) is 8.88. The van der Waals surface area contributed by atoms with Crippen LogP contribution in [-0.2, 0) is 4.74 Å². The molecular formula is C15H23NOS. The van der Waals surface area contributed by atoms with E-state index >= 15 is 0 Å². The number of nitrogens with one attached hydrogen (secondary N) is 1. The average molecular weight is 265 g/mol. The maximum atomic E-state index is 5.99. The second-order valence-corrected chi connectivity index (χ2v) is 6.98. The van der Waals surface area contributed by atoms with Crippen LogP contribution in [0.2, 0.25) is 0 Å². The molecule has 3 fully saturated rings. The third kappa shape index (κ3) is 1.99. The molecule has 0 amide bonds. The van der Waals surface area contributed by atoms with Gasteiger partial charge in [-0.25, -0.2) is 0 Å². The standard InChI is InChI=1S/C15H23NOS/c1-2-10-18-11-8-16-13-12-5-9-17-14(12)15(13)6-3-4-7-15/h1,12-14,16H,3-11H2/t12-,13+,14+/m0/s1. The smallest absolute Gasteiger partial charge is 0.0690 e. The second kappa shape index (κ2) is 5.45. The van der Waals surface area contributed by atoms with Crippen LogP contribution in [0.25, 0.3) is 0 Å². The summed E-state index contributed by atoms with van der Waals surface area (Å²) in [4.78, 5) is 0. The summed E-state index contributed by atoms with van der Waals surface area (Å²) in [5, 5.41) is 3.81. The first-order valence-electron chi connectivity index (χ1n) is 7.25. The van der Waals surface area contributed by atoms with Gasteiger partial charge in [-0.3, -0.25) is 0 Å². The Bertz CT molecular complexity index is 332. The van der Waals surface area contributed by atoms with E-state index in [9.17, 15) is 0 Å². The molecule has 2 nitrogen and oxygen atoms in total. The minimum atomic E-state index is 0.498. The van der Waals surface area contributed by atoms with E-state index in [2.05, 4.69) is 11.2 Å². The summed E-state index contributed by atoms with van der Waals surface area (Å²) in [6.07, 6.45) is 12.7. The number of thioether (sulfide) groups is 1. The van der Waals surface area contributed by atoms with Gasteiger partial charge in [0.25, 0.3) is 0 Å². The zero-order chi connectivity index (χ0) is 12.4. The minimum absolute atomic E-state index is 0.498. The largest absolute Gasteiger partial charge is 0.377 e. The molecule has 1 aliphatic heterocycles. The van der Waals surface area contributed by atoms with Gasteiger partial charge >= 0.3 is 0 Å². The third-order valence-corrected chi connectivity index (χ3v) is 5.95. The lowest BCUT2D eigenvalue weighted by Gasteiger charge is -2.57. The summed E-state index contributed by atoms with van der Waals surface area (Å²) in [5.41, 5.74) is 0.498. The number of hydrogen-bond donors (Lipinski definition) is 1. The highest BCUT2D eigenvalue weighted by Gasteiger charge is 2.64. The van der Waals surface area contributed by atoms with E-state index in [0.717, 1.165) is 36.6 Å². The molecule has 0 aromatic heterocycles. The van der Waals surface area contributed by atoms with Crippen molar-refractivity contribution in [2.75, 3.05) is 24.7 Å². The van der Waals surface area contributed by atoms with Crippen LogP contribution in [0.3, 0.4) is 0 Å². The quantitative estimate of drug-likeness (QED) is 0.609. The van der Waals surface area contributed by atoms with E-state index in [1.165, 1.54) is 32.1 Å². The molecule has 0 unspecified atom stereocenters. The molecule has 0 aromatic rings. The maximum absolute atomic E-state index is 5.99. The molecule has 3 aliphatic rings. The van der Waals surface area contributed by atoms with Gasteiger partial charge in [0.1, 0.15) is 0 Å². The molecule has 0 radical (unpaired) electrons. The van der Waals surface area contributed by atoms with E-state index in [-0.39, 0.29) is 0 Å². The lowest BCUT2D eigenvalue weighted by Crippen LogP contribution is -2.67. The number of ether oxygens (including phenoxy) is 1. The van der Waals surface area contributed by atoms with E-state index in [1.807, 2.05) is 11.8 Å². The van der Waals surface area contributed by atoms with Crippen molar-refractivity contribution in [3.8, 4) is 12.3 Å². The summed E-state index contributed by atoms with van der Waals surface area (Å²) < 4.78 is 5.99. The monoisotopic (exact) mass is 265 g/mol. The summed E-state index contributed by atoms with van der Waals surface area (Å²) in [6.45, 7) is 2.09. The predicted octanol–water partition coefficient (Wildman–Crippen LogP) is 2.29. The molecule has 1 spiro atoms. The van der Waals surface area contributed by atoms with E-state index < -0.39 is 0 Å². The average Bonchev–Trinajstić information content (AvgIpc) is 3.01. The molecule has 3 rings (SSSR count). The lowest BCUT2D eigenvalue weighted by molar-refractivity contribution is -0.129. The van der Waals surface area contributed by atoms with Crippen LogP contribution in [0.5, 0.6) is 0 Å². The molecule has 100 valence electrons. The number of hydrogen-bond acceptors (Lipinski definition) is 3. The van der Waals surface area contributed by atoms with Gasteiger partial charge in [-0.15, -0.1) is 18.2 Å². The van der Waals surface area contributed by atoms with Crippen molar-refractivity contribution in [2.24, 2.45) is 11.3 Å². The fourth-order valence-electron chi connectivity index (χ4n) is 4.43. The zero-order valence-corrected chi connectivity index (χ0v) is 11.8. The Hall–Kier alpha value is -0.170. The van der Waals surface area contributed by atoms with Gasteiger partial charge in [0, 0.05) is 36.3 Å². The Morgan fingerprint density at radius 1 is 1.39 bits per heavy atom. The third-order valence-electron chi connectivity index (χ3n) is 5.08. The van der Waals surface area contributed by atoms with Crippen molar-refractivity contribution in [3.05, 3.63) is 0 Å². The first kappa shape index (κ1) is 12.8. The fourth-order valence-corrected chi connectivity index (χ4v) is 4.95. The second-order valence-electron chi connectivity index (χ2n) is 5.87. The highest BCUT2D eigenvalue weighted by atomic mass is 32.2. The minimum Gasteiger partial charge on any atom is -0.377 e. The molecule has 1 saturated heterocycles. The van der Waals surface area contributed by atoms with E-state index in [0.29, 0.717) is 11.5 Å². The molecular weight excluding hydrogens is 242 g/mol. The zero-order valence-electron chi connectivity index (χ0n) is 11.0. The number of terminal acetylenes is 1. The van der Waals surface area contributed by atoms with Crippen molar-refractivity contribution >= 4 is 11.8 Å². The Labute approximate surface area is 115 Å². The summed E-state index contributed by atoms with van der Waals surface area (Å²) in [6, 6.07) is 0.721. The van der Waals surface area contributed by atoms with Gasteiger partial charge in [0.15, 0.2) is 0 Å². The van der Waals surface area contributed by atoms with Crippen LogP contribution < -0.4 is 5.32 Å². The molecule has 2 aliphatic carbocycles. The van der Waals surface area contributed by atoms with Crippen molar-refractivity contribution < 1.29 is 4.74 Å². The van der Waals surface area contributed by atoms with Crippen LogP contribution in [0, 0.1) is 23.7 Å². The van der Waals surface area contributed by atoms with Crippen molar-refractivity contribution in [3.63, 3.8) is 0 Å². The summed E-state index contributed by atoms with van der Waals surface area (Å²) >= 11 is 1.86.